The van der Waals surface area contributed by atoms with Gasteiger partial charge in [0.05, 0.1) is 5.52 Å². The van der Waals surface area contributed by atoms with E-state index < -0.39 is 11.6 Å². The predicted molar refractivity (Wildman–Crippen MR) is 132 cm³/mol. The Balaban J connectivity index is 1.58. The molecule has 36 heavy (non-hydrogen) atoms. The van der Waals surface area contributed by atoms with Gasteiger partial charge in [-0.1, -0.05) is 26.8 Å². The SMILES string of the molecule is CC[C@H]1CN([C@@H](CC)c2ccc(F)cc2F)[C@H](CC)CN1c1nc2nncn2c2ccc(C#N)nc12. The molecule has 8 nitrogen and oxygen atoms in total. The molecular weight excluding hydrogens is 462 g/mol. The largest absolute Gasteiger partial charge is 0.349 e. The zero-order valence-corrected chi connectivity index (χ0v) is 20.6. The van der Waals surface area contributed by atoms with Crippen LogP contribution in [0.15, 0.2) is 36.7 Å². The van der Waals surface area contributed by atoms with Crippen molar-refractivity contribution in [3.63, 3.8) is 0 Å². The van der Waals surface area contributed by atoms with E-state index in [4.69, 9.17) is 4.98 Å². The lowest BCUT2D eigenvalue weighted by Gasteiger charge is -2.49. The van der Waals surface area contributed by atoms with Crippen LogP contribution < -0.4 is 4.90 Å². The van der Waals surface area contributed by atoms with Gasteiger partial charge in [-0.25, -0.2) is 13.8 Å². The van der Waals surface area contributed by atoms with E-state index in [9.17, 15) is 14.0 Å². The number of halogens is 2. The van der Waals surface area contributed by atoms with Crippen LogP contribution in [0.5, 0.6) is 0 Å². The molecule has 1 aromatic carbocycles. The zero-order valence-electron chi connectivity index (χ0n) is 20.6. The first kappa shape index (κ1) is 24.0. The molecule has 0 N–H and O–H groups in total. The normalized spacial score (nSPS) is 19.6. The molecule has 3 atom stereocenters. The van der Waals surface area contributed by atoms with Gasteiger partial charge in [0.25, 0.3) is 5.78 Å². The van der Waals surface area contributed by atoms with Gasteiger partial charge < -0.3 is 4.90 Å². The lowest BCUT2D eigenvalue weighted by atomic mass is 9.94. The first-order valence-corrected chi connectivity index (χ1v) is 12.4. The second-order valence-electron chi connectivity index (χ2n) is 9.18. The Bertz CT molecular complexity index is 1450. The van der Waals surface area contributed by atoms with Gasteiger partial charge in [-0.3, -0.25) is 9.30 Å². The average molecular weight is 491 g/mol. The molecule has 0 aliphatic carbocycles. The number of rotatable bonds is 6. The van der Waals surface area contributed by atoms with Crippen LogP contribution >= 0.6 is 0 Å². The van der Waals surface area contributed by atoms with E-state index in [1.54, 1.807) is 22.9 Å². The molecule has 0 unspecified atom stereocenters. The maximum atomic E-state index is 14.8. The van der Waals surface area contributed by atoms with E-state index in [1.165, 1.54) is 6.07 Å². The molecule has 5 rings (SSSR count). The van der Waals surface area contributed by atoms with Gasteiger partial charge in [0.15, 0.2) is 5.82 Å². The Morgan fingerprint density at radius 1 is 1.06 bits per heavy atom. The highest BCUT2D eigenvalue weighted by molar-refractivity contribution is 5.88. The Hall–Kier alpha value is -3.71. The van der Waals surface area contributed by atoms with Crippen LogP contribution in [0.3, 0.4) is 0 Å². The molecule has 0 saturated carbocycles. The van der Waals surface area contributed by atoms with E-state index in [0.29, 0.717) is 47.9 Å². The molecule has 3 aromatic heterocycles. The van der Waals surface area contributed by atoms with Gasteiger partial charge in [-0.05, 0) is 37.5 Å². The summed E-state index contributed by atoms with van der Waals surface area (Å²) in [7, 11) is 0. The topological polar surface area (TPSA) is 86.2 Å². The third-order valence-corrected chi connectivity index (χ3v) is 7.26. The number of hydrogen-bond donors (Lipinski definition) is 0. The molecule has 0 amide bonds. The van der Waals surface area contributed by atoms with Crippen LogP contribution in [0.25, 0.3) is 16.8 Å². The molecule has 186 valence electrons. The fourth-order valence-electron chi connectivity index (χ4n) is 5.43. The molecule has 0 spiro atoms. The van der Waals surface area contributed by atoms with Crippen LogP contribution in [0.2, 0.25) is 0 Å². The van der Waals surface area contributed by atoms with Crippen LogP contribution in [-0.2, 0) is 0 Å². The Morgan fingerprint density at radius 2 is 1.86 bits per heavy atom. The summed E-state index contributed by atoms with van der Waals surface area (Å²) in [4.78, 5) is 14.0. The number of nitriles is 1. The van der Waals surface area contributed by atoms with Crippen molar-refractivity contribution >= 4 is 22.6 Å². The molecule has 0 radical (unpaired) electrons. The van der Waals surface area contributed by atoms with Crippen molar-refractivity contribution in [2.45, 2.75) is 58.2 Å². The average Bonchev–Trinajstić information content (AvgIpc) is 3.38. The summed E-state index contributed by atoms with van der Waals surface area (Å²) >= 11 is 0. The number of piperazine rings is 1. The van der Waals surface area contributed by atoms with Crippen molar-refractivity contribution in [1.82, 2.24) is 29.5 Å². The number of benzene rings is 1. The first-order valence-electron chi connectivity index (χ1n) is 12.4. The third kappa shape index (κ3) is 4.03. The molecule has 1 aliphatic rings. The summed E-state index contributed by atoms with van der Waals surface area (Å²) in [6.45, 7) is 7.61. The Labute approximate surface area is 208 Å². The Morgan fingerprint density at radius 3 is 2.56 bits per heavy atom. The van der Waals surface area contributed by atoms with Crippen molar-refractivity contribution in [2.75, 3.05) is 18.0 Å². The maximum absolute atomic E-state index is 14.8. The number of pyridine rings is 1. The molecule has 1 aliphatic heterocycles. The van der Waals surface area contributed by atoms with E-state index in [-0.39, 0.29) is 18.1 Å². The van der Waals surface area contributed by atoms with E-state index in [1.807, 2.05) is 13.0 Å². The van der Waals surface area contributed by atoms with Crippen LogP contribution in [-0.4, -0.2) is 54.6 Å². The third-order valence-electron chi connectivity index (χ3n) is 7.26. The van der Waals surface area contributed by atoms with Gasteiger partial charge in [-0.2, -0.15) is 10.2 Å². The second-order valence-corrected chi connectivity index (χ2v) is 9.18. The van der Waals surface area contributed by atoms with Crippen molar-refractivity contribution < 1.29 is 8.78 Å². The van der Waals surface area contributed by atoms with Gasteiger partial charge in [0, 0.05) is 42.8 Å². The van der Waals surface area contributed by atoms with Crippen molar-refractivity contribution in [1.29, 1.82) is 5.26 Å². The zero-order chi connectivity index (χ0) is 25.4. The van der Waals surface area contributed by atoms with E-state index >= 15 is 0 Å². The standard InChI is InChI=1S/C26H28F2N8/c1-4-18-14-35(19(5-2)13-34(18)22(6-3)20-9-7-16(27)11-21(20)28)25-24-23(10-8-17(12-29)31-24)36-15-30-33-26(36)32-25/h7-11,15,18-19,22H,4-6,13-14H2,1-3H3/t18-,19+,22+/m1/s1. The highest BCUT2D eigenvalue weighted by atomic mass is 19.1. The summed E-state index contributed by atoms with van der Waals surface area (Å²) < 4.78 is 30.2. The number of hydrogen-bond acceptors (Lipinski definition) is 7. The lowest BCUT2D eigenvalue weighted by molar-refractivity contribution is 0.0876. The van der Waals surface area contributed by atoms with Gasteiger partial charge in [0.2, 0.25) is 0 Å². The quantitative estimate of drug-likeness (QED) is 0.389. The van der Waals surface area contributed by atoms with Gasteiger partial charge in [0.1, 0.15) is 35.2 Å². The molecule has 0 bridgehead atoms. The summed E-state index contributed by atoms with van der Waals surface area (Å²) in [5, 5.41) is 17.7. The highest BCUT2D eigenvalue weighted by Crippen LogP contribution is 2.36. The van der Waals surface area contributed by atoms with Crippen molar-refractivity contribution in [3.8, 4) is 6.07 Å². The molecule has 1 fully saturated rings. The minimum atomic E-state index is -0.569. The number of fused-ring (bicyclic) bond motifs is 3. The molecule has 10 heteroatoms. The maximum Gasteiger partial charge on any atom is 0.257 e. The molecule has 1 saturated heterocycles. The number of nitrogens with zero attached hydrogens (tertiary/aromatic N) is 8. The Kier molecular flexibility index (Phi) is 6.49. The van der Waals surface area contributed by atoms with Gasteiger partial charge >= 0.3 is 0 Å². The van der Waals surface area contributed by atoms with Crippen LogP contribution in [0, 0.1) is 23.0 Å². The summed E-state index contributed by atoms with van der Waals surface area (Å²) in [6, 6.07) is 9.53. The predicted octanol–water partition coefficient (Wildman–Crippen LogP) is 4.65. The number of aromatic nitrogens is 5. The van der Waals surface area contributed by atoms with E-state index in [0.717, 1.165) is 24.4 Å². The minimum Gasteiger partial charge on any atom is -0.349 e. The van der Waals surface area contributed by atoms with Crippen LogP contribution in [0.1, 0.15) is 57.3 Å². The second kappa shape index (κ2) is 9.74. The van der Waals surface area contributed by atoms with Crippen molar-refractivity contribution in [2.24, 2.45) is 0 Å². The fraction of sp³-hybridized carbons (Fsp3) is 0.423. The summed E-state index contributed by atoms with van der Waals surface area (Å²) in [6.07, 6.45) is 3.97. The molecule has 4 aromatic rings. The first-order chi connectivity index (χ1) is 17.5. The number of anilines is 1. The highest BCUT2D eigenvalue weighted by Gasteiger charge is 2.38. The molecular formula is C26H28F2N8. The van der Waals surface area contributed by atoms with E-state index in [2.05, 4.69) is 44.9 Å². The monoisotopic (exact) mass is 490 g/mol. The summed E-state index contributed by atoms with van der Waals surface area (Å²) in [5.41, 5.74) is 2.24. The van der Waals surface area contributed by atoms with Crippen LogP contribution in [0.4, 0.5) is 14.6 Å². The fourth-order valence-corrected chi connectivity index (χ4v) is 5.43. The smallest absolute Gasteiger partial charge is 0.257 e. The lowest BCUT2D eigenvalue weighted by Crippen LogP contribution is -2.59. The van der Waals surface area contributed by atoms with Crippen molar-refractivity contribution in [3.05, 3.63) is 59.6 Å². The molecule has 4 heterocycles. The summed E-state index contributed by atoms with van der Waals surface area (Å²) in [5.74, 6) is 0.0634. The van der Waals surface area contributed by atoms with Gasteiger partial charge in [-0.15, -0.1) is 10.2 Å². The minimum absolute atomic E-state index is 0.0685.